The average Bonchev–Trinajstić information content (AvgIpc) is 2.88. The Bertz CT molecular complexity index is 490. The second-order valence-corrected chi connectivity index (χ2v) is 5.78. The van der Waals surface area contributed by atoms with E-state index in [4.69, 9.17) is 0 Å². The van der Waals surface area contributed by atoms with E-state index in [1.807, 2.05) is 0 Å². The molecule has 1 aromatic heterocycles. The summed E-state index contributed by atoms with van der Waals surface area (Å²) in [6, 6.07) is 8.46. The molecule has 19 heavy (non-hydrogen) atoms. The maximum absolute atomic E-state index is 4.28. The first-order valence-corrected chi connectivity index (χ1v) is 7.71. The fraction of sp³-hybridized carbons (Fsp3) is 0.467. The third-order valence-corrected chi connectivity index (χ3v) is 3.97. The van der Waals surface area contributed by atoms with Crippen molar-refractivity contribution >= 4 is 11.3 Å². The highest BCUT2D eigenvalue weighted by molar-refractivity contribution is 7.14. The standard InChI is InChI=1S/C15H21N3S/c1-3-10-16-11-4-5-14-17-18-15(19-14)13-8-6-12(2)7-9-13/h6-9,16H,3-5,10-11H2,1-2H3. The summed E-state index contributed by atoms with van der Waals surface area (Å²) in [6.07, 6.45) is 3.33. The molecule has 0 radical (unpaired) electrons. The molecule has 102 valence electrons. The van der Waals surface area contributed by atoms with Crippen molar-refractivity contribution in [2.75, 3.05) is 13.1 Å². The van der Waals surface area contributed by atoms with Crippen LogP contribution in [0.15, 0.2) is 24.3 Å². The Labute approximate surface area is 119 Å². The van der Waals surface area contributed by atoms with Gasteiger partial charge in [-0.25, -0.2) is 0 Å². The van der Waals surface area contributed by atoms with Crippen LogP contribution in [-0.4, -0.2) is 23.3 Å². The van der Waals surface area contributed by atoms with Crippen LogP contribution in [0.4, 0.5) is 0 Å². The van der Waals surface area contributed by atoms with Gasteiger partial charge in [-0.15, -0.1) is 10.2 Å². The molecule has 0 atom stereocenters. The number of nitrogens with one attached hydrogen (secondary N) is 1. The smallest absolute Gasteiger partial charge is 0.147 e. The predicted octanol–water partition coefficient (Wildman–Crippen LogP) is 3.45. The minimum Gasteiger partial charge on any atom is -0.317 e. The van der Waals surface area contributed by atoms with Gasteiger partial charge in [0, 0.05) is 12.0 Å². The zero-order valence-electron chi connectivity index (χ0n) is 11.6. The van der Waals surface area contributed by atoms with Gasteiger partial charge in [-0.2, -0.15) is 0 Å². The molecule has 0 bridgehead atoms. The van der Waals surface area contributed by atoms with Crippen LogP contribution in [0.25, 0.3) is 10.6 Å². The van der Waals surface area contributed by atoms with E-state index in [1.165, 1.54) is 17.5 Å². The lowest BCUT2D eigenvalue weighted by molar-refractivity contribution is 0.637. The Balaban J connectivity index is 1.86. The molecule has 0 aliphatic carbocycles. The van der Waals surface area contributed by atoms with Gasteiger partial charge in [0.25, 0.3) is 0 Å². The van der Waals surface area contributed by atoms with E-state index in [9.17, 15) is 0 Å². The van der Waals surface area contributed by atoms with Crippen molar-refractivity contribution in [3.8, 4) is 10.6 Å². The summed E-state index contributed by atoms with van der Waals surface area (Å²) >= 11 is 1.71. The van der Waals surface area contributed by atoms with Crippen molar-refractivity contribution in [1.29, 1.82) is 0 Å². The molecule has 0 saturated heterocycles. The summed E-state index contributed by atoms with van der Waals surface area (Å²) < 4.78 is 0. The minimum absolute atomic E-state index is 1.01. The molecule has 3 nitrogen and oxygen atoms in total. The van der Waals surface area contributed by atoms with E-state index in [0.29, 0.717) is 0 Å². The number of nitrogens with zero attached hydrogens (tertiary/aromatic N) is 2. The molecule has 0 amide bonds. The van der Waals surface area contributed by atoms with E-state index in [2.05, 4.69) is 53.6 Å². The van der Waals surface area contributed by atoms with Gasteiger partial charge >= 0.3 is 0 Å². The van der Waals surface area contributed by atoms with Gasteiger partial charge in [-0.05, 0) is 32.9 Å². The second-order valence-electron chi connectivity index (χ2n) is 4.72. The van der Waals surface area contributed by atoms with Crippen molar-refractivity contribution in [2.45, 2.75) is 33.1 Å². The first-order valence-electron chi connectivity index (χ1n) is 6.89. The van der Waals surface area contributed by atoms with Crippen molar-refractivity contribution in [3.05, 3.63) is 34.8 Å². The zero-order chi connectivity index (χ0) is 13.5. The maximum atomic E-state index is 4.28. The molecular formula is C15H21N3S. The second kappa shape index (κ2) is 7.36. The maximum Gasteiger partial charge on any atom is 0.147 e. The first kappa shape index (κ1) is 14.2. The lowest BCUT2D eigenvalue weighted by Gasteiger charge is -2.00. The van der Waals surface area contributed by atoms with Crippen molar-refractivity contribution < 1.29 is 0 Å². The largest absolute Gasteiger partial charge is 0.317 e. The quantitative estimate of drug-likeness (QED) is 0.787. The van der Waals surface area contributed by atoms with Gasteiger partial charge in [0.05, 0.1) is 0 Å². The first-order chi connectivity index (χ1) is 9.29. The van der Waals surface area contributed by atoms with Gasteiger partial charge in [0.1, 0.15) is 10.0 Å². The minimum atomic E-state index is 1.01. The molecule has 0 spiro atoms. The van der Waals surface area contributed by atoms with Gasteiger partial charge < -0.3 is 5.32 Å². The van der Waals surface area contributed by atoms with Crippen LogP contribution in [0.2, 0.25) is 0 Å². The third-order valence-electron chi connectivity index (χ3n) is 2.94. The Hall–Kier alpha value is -1.26. The molecule has 0 fully saturated rings. The number of benzene rings is 1. The van der Waals surface area contributed by atoms with Crippen LogP contribution in [0.1, 0.15) is 30.3 Å². The Kier molecular flexibility index (Phi) is 5.48. The normalized spacial score (nSPS) is 10.8. The Morgan fingerprint density at radius 2 is 1.89 bits per heavy atom. The van der Waals surface area contributed by atoms with Crippen molar-refractivity contribution in [3.63, 3.8) is 0 Å². The fourth-order valence-corrected chi connectivity index (χ4v) is 2.72. The van der Waals surface area contributed by atoms with Crippen LogP contribution in [0, 0.1) is 6.92 Å². The Morgan fingerprint density at radius 1 is 1.11 bits per heavy atom. The van der Waals surface area contributed by atoms with Crippen molar-refractivity contribution in [2.24, 2.45) is 0 Å². The molecule has 2 rings (SSSR count). The highest BCUT2D eigenvalue weighted by atomic mass is 32.1. The molecule has 1 N–H and O–H groups in total. The highest BCUT2D eigenvalue weighted by Crippen LogP contribution is 2.24. The summed E-state index contributed by atoms with van der Waals surface area (Å²) in [5.41, 5.74) is 2.44. The molecular weight excluding hydrogens is 254 g/mol. The lowest BCUT2D eigenvalue weighted by Crippen LogP contribution is -2.16. The van der Waals surface area contributed by atoms with Crippen LogP contribution in [-0.2, 0) is 6.42 Å². The number of aryl methyl sites for hydroxylation is 2. The van der Waals surface area contributed by atoms with E-state index in [0.717, 1.165) is 35.9 Å². The fourth-order valence-electron chi connectivity index (χ4n) is 1.83. The van der Waals surface area contributed by atoms with Crippen LogP contribution >= 0.6 is 11.3 Å². The van der Waals surface area contributed by atoms with E-state index in [-0.39, 0.29) is 0 Å². The molecule has 0 aliphatic rings. The highest BCUT2D eigenvalue weighted by Gasteiger charge is 2.06. The summed E-state index contributed by atoms with van der Waals surface area (Å²) in [5, 5.41) is 14.1. The molecule has 2 aromatic rings. The summed E-state index contributed by atoms with van der Waals surface area (Å²) in [5.74, 6) is 0. The monoisotopic (exact) mass is 275 g/mol. The SMILES string of the molecule is CCCNCCCc1nnc(-c2ccc(C)cc2)s1. The number of hydrogen-bond donors (Lipinski definition) is 1. The Morgan fingerprint density at radius 3 is 2.63 bits per heavy atom. The third kappa shape index (κ3) is 4.40. The number of rotatable bonds is 7. The van der Waals surface area contributed by atoms with E-state index < -0.39 is 0 Å². The molecule has 0 saturated carbocycles. The molecule has 0 aliphatic heterocycles. The van der Waals surface area contributed by atoms with Gasteiger partial charge in [0.15, 0.2) is 0 Å². The average molecular weight is 275 g/mol. The lowest BCUT2D eigenvalue weighted by atomic mass is 10.2. The summed E-state index contributed by atoms with van der Waals surface area (Å²) in [7, 11) is 0. The van der Waals surface area contributed by atoms with Crippen LogP contribution < -0.4 is 5.32 Å². The topological polar surface area (TPSA) is 37.8 Å². The zero-order valence-corrected chi connectivity index (χ0v) is 12.5. The number of aromatic nitrogens is 2. The molecule has 1 heterocycles. The number of hydrogen-bond acceptors (Lipinski definition) is 4. The summed E-state index contributed by atoms with van der Waals surface area (Å²) in [4.78, 5) is 0. The van der Waals surface area contributed by atoms with Crippen LogP contribution in [0.5, 0.6) is 0 Å². The molecule has 0 unspecified atom stereocenters. The summed E-state index contributed by atoms with van der Waals surface area (Å²) in [6.45, 7) is 6.45. The van der Waals surface area contributed by atoms with Crippen LogP contribution in [0.3, 0.4) is 0 Å². The van der Waals surface area contributed by atoms with E-state index >= 15 is 0 Å². The van der Waals surface area contributed by atoms with Gasteiger partial charge in [-0.1, -0.05) is 48.1 Å². The van der Waals surface area contributed by atoms with Crippen molar-refractivity contribution in [1.82, 2.24) is 15.5 Å². The molecule has 4 heteroatoms. The van der Waals surface area contributed by atoms with Gasteiger partial charge in [0.2, 0.25) is 0 Å². The van der Waals surface area contributed by atoms with E-state index in [1.54, 1.807) is 11.3 Å². The van der Waals surface area contributed by atoms with Gasteiger partial charge in [-0.3, -0.25) is 0 Å². The molecule has 1 aromatic carbocycles. The predicted molar refractivity (Wildman–Crippen MR) is 81.6 cm³/mol.